The third kappa shape index (κ3) is 3.47. The van der Waals surface area contributed by atoms with E-state index in [1.54, 1.807) is 0 Å². The first-order valence-corrected chi connectivity index (χ1v) is 6.46. The zero-order valence-electron chi connectivity index (χ0n) is 10.9. The molecule has 1 fully saturated rings. The van der Waals surface area contributed by atoms with Crippen LogP contribution in [0, 0.1) is 11.8 Å². The van der Waals surface area contributed by atoms with Crippen LogP contribution in [0.4, 0.5) is 10.5 Å². The van der Waals surface area contributed by atoms with E-state index in [2.05, 4.69) is 17.6 Å². The van der Waals surface area contributed by atoms with Crippen LogP contribution in [0.5, 0.6) is 0 Å². The summed E-state index contributed by atoms with van der Waals surface area (Å²) in [5.74, 6) is 1.41. The van der Waals surface area contributed by atoms with Crippen molar-refractivity contribution in [3.05, 3.63) is 29.8 Å². The molecule has 1 saturated carbocycles. The molecule has 18 heavy (non-hydrogen) atoms. The zero-order valence-corrected chi connectivity index (χ0v) is 10.9. The highest BCUT2D eigenvalue weighted by atomic mass is 16.2. The molecule has 0 heterocycles. The van der Waals surface area contributed by atoms with Gasteiger partial charge >= 0.3 is 6.03 Å². The molecule has 0 spiro atoms. The van der Waals surface area contributed by atoms with Crippen molar-refractivity contribution in [3.8, 4) is 0 Å². The van der Waals surface area contributed by atoms with Gasteiger partial charge in [0.25, 0.3) is 0 Å². The molecule has 2 amide bonds. The Bertz CT molecular complexity index is 431. The second-order valence-electron chi connectivity index (χ2n) is 5.22. The third-order valence-electron chi connectivity index (χ3n) is 3.47. The van der Waals surface area contributed by atoms with Gasteiger partial charge in [0.2, 0.25) is 0 Å². The van der Waals surface area contributed by atoms with Crippen molar-refractivity contribution in [1.29, 1.82) is 0 Å². The van der Waals surface area contributed by atoms with Crippen molar-refractivity contribution in [3.63, 3.8) is 0 Å². The molecule has 3 atom stereocenters. The molecular formula is C14H21N3O. The summed E-state index contributed by atoms with van der Waals surface area (Å²) in [6.45, 7) is 4.89. The average molecular weight is 247 g/mol. The van der Waals surface area contributed by atoms with Gasteiger partial charge in [-0.05, 0) is 42.9 Å². The van der Waals surface area contributed by atoms with Crippen LogP contribution < -0.4 is 16.4 Å². The van der Waals surface area contributed by atoms with Gasteiger partial charge in [-0.25, -0.2) is 4.79 Å². The second-order valence-corrected chi connectivity index (χ2v) is 5.22. The summed E-state index contributed by atoms with van der Waals surface area (Å²) in [6.07, 6.45) is 1.22. The Kier molecular flexibility index (Phi) is 3.87. The Morgan fingerprint density at radius 2 is 2.28 bits per heavy atom. The fourth-order valence-corrected chi connectivity index (χ4v) is 1.98. The van der Waals surface area contributed by atoms with Gasteiger partial charge in [-0.2, -0.15) is 0 Å². The summed E-state index contributed by atoms with van der Waals surface area (Å²) < 4.78 is 0. The van der Waals surface area contributed by atoms with E-state index in [0.717, 1.165) is 23.7 Å². The first-order valence-electron chi connectivity index (χ1n) is 6.46. The molecule has 2 rings (SSSR count). The maximum atomic E-state index is 11.7. The van der Waals surface area contributed by atoms with Gasteiger partial charge in [0, 0.05) is 18.3 Å². The predicted molar refractivity (Wildman–Crippen MR) is 73.3 cm³/mol. The number of carbonyl (C=O) groups is 1. The van der Waals surface area contributed by atoms with Crippen LogP contribution >= 0.6 is 0 Å². The predicted octanol–water partition coefficient (Wildman–Crippen LogP) is 2.48. The van der Waals surface area contributed by atoms with E-state index in [0.29, 0.717) is 5.92 Å². The van der Waals surface area contributed by atoms with Crippen LogP contribution in [-0.2, 0) is 0 Å². The van der Waals surface area contributed by atoms with Crippen molar-refractivity contribution >= 4 is 11.7 Å². The maximum Gasteiger partial charge on any atom is 0.319 e. The monoisotopic (exact) mass is 247 g/mol. The van der Waals surface area contributed by atoms with E-state index < -0.39 is 0 Å². The Labute approximate surface area is 108 Å². The number of rotatable bonds is 4. The van der Waals surface area contributed by atoms with Crippen molar-refractivity contribution < 1.29 is 4.79 Å². The minimum atomic E-state index is -0.143. The molecule has 1 aliphatic rings. The van der Waals surface area contributed by atoms with Crippen molar-refractivity contribution in [2.24, 2.45) is 17.6 Å². The summed E-state index contributed by atoms with van der Waals surface area (Å²) in [5, 5.41) is 5.72. The van der Waals surface area contributed by atoms with Crippen molar-refractivity contribution in [2.45, 2.75) is 26.3 Å². The van der Waals surface area contributed by atoms with Crippen molar-refractivity contribution in [2.75, 3.05) is 11.9 Å². The number of nitrogens with one attached hydrogen (secondary N) is 2. The number of hydrogen-bond donors (Lipinski definition) is 3. The van der Waals surface area contributed by atoms with Crippen LogP contribution in [-0.4, -0.2) is 12.6 Å². The maximum absolute atomic E-state index is 11.7. The largest absolute Gasteiger partial charge is 0.338 e. The summed E-state index contributed by atoms with van der Waals surface area (Å²) in [7, 11) is 0. The highest BCUT2D eigenvalue weighted by Gasteiger charge is 2.32. The van der Waals surface area contributed by atoms with Gasteiger partial charge in [0.05, 0.1) is 0 Å². The second kappa shape index (κ2) is 5.40. The van der Waals surface area contributed by atoms with Gasteiger partial charge in [-0.15, -0.1) is 0 Å². The number of nitrogens with two attached hydrogens (primary N) is 1. The SMILES string of the molecule is CC(N)c1cccc(NC(=O)NCC2CC2C)c1. The van der Waals surface area contributed by atoms with E-state index in [1.807, 2.05) is 31.2 Å². The fourth-order valence-electron chi connectivity index (χ4n) is 1.98. The lowest BCUT2D eigenvalue weighted by Gasteiger charge is -2.10. The van der Waals surface area contributed by atoms with Gasteiger partial charge in [0.1, 0.15) is 0 Å². The van der Waals surface area contributed by atoms with E-state index in [-0.39, 0.29) is 12.1 Å². The van der Waals surface area contributed by atoms with Crippen LogP contribution in [0.2, 0.25) is 0 Å². The molecule has 0 aliphatic heterocycles. The quantitative estimate of drug-likeness (QED) is 0.765. The fraction of sp³-hybridized carbons (Fsp3) is 0.500. The van der Waals surface area contributed by atoms with Crippen LogP contribution in [0.25, 0.3) is 0 Å². The Morgan fingerprint density at radius 1 is 1.56 bits per heavy atom. The van der Waals surface area contributed by atoms with Crippen molar-refractivity contribution in [1.82, 2.24) is 5.32 Å². The van der Waals surface area contributed by atoms with Gasteiger partial charge in [-0.3, -0.25) is 0 Å². The number of anilines is 1. The highest BCUT2D eigenvalue weighted by Crippen LogP contribution is 2.36. The first kappa shape index (κ1) is 12.9. The van der Waals surface area contributed by atoms with Gasteiger partial charge < -0.3 is 16.4 Å². The van der Waals surface area contributed by atoms with E-state index in [1.165, 1.54) is 6.42 Å². The normalized spacial score (nSPS) is 23.3. The minimum absolute atomic E-state index is 0.0258. The van der Waals surface area contributed by atoms with Gasteiger partial charge in [0.15, 0.2) is 0 Å². The molecule has 0 saturated heterocycles. The summed E-state index contributed by atoms with van der Waals surface area (Å²) in [4.78, 5) is 11.7. The molecule has 0 radical (unpaired) electrons. The molecule has 4 nitrogen and oxygen atoms in total. The van der Waals surface area contributed by atoms with Crippen LogP contribution in [0.15, 0.2) is 24.3 Å². The van der Waals surface area contributed by atoms with E-state index in [4.69, 9.17) is 5.73 Å². The lowest BCUT2D eigenvalue weighted by atomic mass is 10.1. The summed E-state index contributed by atoms with van der Waals surface area (Å²) in [5.41, 5.74) is 7.61. The molecular weight excluding hydrogens is 226 g/mol. The van der Waals surface area contributed by atoms with Gasteiger partial charge in [-0.1, -0.05) is 19.1 Å². The third-order valence-corrected chi connectivity index (χ3v) is 3.47. The Hall–Kier alpha value is -1.55. The summed E-state index contributed by atoms with van der Waals surface area (Å²) in [6, 6.07) is 7.46. The molecule has 1 aromatic carbocycles. The standard InChI is InChI=1S/C14H21N3O/c1-9-6-12(9)8-16-14(18)17-13-5-3-4-11(7-13)10(2)15/h3-5,7,9-10,12H,6,8,15H2,1-2H3,(H2,16,17,18). The minimum Gasteiger partial charge on any atom is -0.338 e. The molecule has 4 N–H and O–H groups in total. The molecule has 1 aliphatic carbocycles. The number of carbonyl (C=O) groups excluding carboxylic acids is 1. The average Bonchev–Trinajstić information content (AvgIpc) is 3.03. The van der Waals surface area contributed by atoms with Crippen LogP contribution in [0.3, 0.4) is 0 Å². The zero-order chi connectivity index (χ0) is 13.1. The molecule has 0 bridgehead atoms. The smallest absolute Gasteiger partial charge is 0.319 e. The lowest BCUT2D eigenvalue weighted by molar-refractivity contribution is 0.251. The number of urea groups is 1. The number of hydrogen-bond acceptors (Lipinski definition) is 2. The van der Waals surface area contributed by atoms with E-state index in [9.17, 15) is 4.79 Å². The Morgan fingerprint density at radius 3 is 2.89 bits per heavy atom. The lowest BCUT2D eigenvalue weighted by Crippen LogP contribution is -2.30. The number of amides is 2. The number of benzene rings is 1. The Balaban J connectivity index is 1.84. The van der Waals surface area contributed by atoms with E-state index >= 15 is 0 Å². The highest BCUT2D eigenvalue weighted by molar-refractivity contribution is 5.89. The van der Waals surface area contributed by atoms with Crippen LogP contribution in [0.1, 0.15) is 31.9 Å². The molecule has 1 aromatic rings. The topological polar surface area (TPSA) is 67.1 Å². The summed E-state index contributed by atoms with van der Waals surface area (Å²) >= 11 is 0. The molecule has 98 valence electrons. The first-order chi connectivity index (χ1) is 8.56. The molecule has 0 aromatic heterocycles. The molecule has 4 heteroatoms. The molecule has 3 unspecified atom stereocenters.